The first kappa shape index (κ1) is 14.2. The molecule has 8 heteroatoms. The smallest absolute Gasteiger partial charge is 0.421 e. The minimum atomic E-state index is -3.83. The molecule has 1 heterocycles. The third-order valence-electron chi connectivity index (χ3n) is 2.83. The monoisotopic (exact) mass is 265 g/mol. The molecule has 0 aromatic rings. The average molecular weight is 265 g/mol. The van der Waals surface area contributed by atoms with Gasteiger partial charge in [0.2, 0.25) is 0 Å². The van der Waals surface area contributed by atoms with Crippen LogP contribution in [0.5, 0.6) is 0 Å². The molecule has 0 spiro atoms. The maximum Gasteiger partial charge on any atom is 0.421 e. The number of methoxy groups -OCH3 is 1. The van der Waals surface area contributed by atoms with E-state index in [0.29, 0.717) is 5.92 Å². The summed E-state index contributed by atoms with van der Waals surface area (Å²) in [6, 6.07) is 0.0953. The SMILES string of the molecule is COC(=O)NS(=O)(=O)NCC1NCCCC1C. The molecule has 1 aliphatic rings. The summed E-state index contributed by atoms with van der Waals surface area (Å²) in [6.07, 6.45) is 1.18. The summed E-state index contributed by atoms with van der Waals surface area (Å²) < 4.78 is 31.1. The van der Waals surface area contributed by atoms with E-state index in [1.807, 2.05) is 0 Å². The van der Waals surface area contributed by atoms with Crippen molar-refractivity contribution in [2.45, 2.75) is 25.8 Å². The normalized spacial score (nSPS) is 25.3. The van der Waals surface area contributed by atoms with E-state index in [4.69, 9.17) is 0 Å². The molecular weight excluding hydrogens is 246 g/mol. The molecule has 0 radical (unpaired) electrons. The summed E-state index contributed by atoms with van der Waals surface area (Å²) in [4.78, 5) is 10.8. The predicted octanol–water partition coefficient (Wildman–Crippen LogP) is -0.435. The minimum Gasteiger partial charge on any atom is -0.452 e. The molecule has 7 nitrogen and oxygen atoms in total. The molecule has 1 rings (SSSR count). The van der Waals surface area contributed by atoms with Crippen LogP contribution in [0.2, 0.25) is 0 Å². The molecule has 1 amide bonds. The van der Waals surface area contributed by atoms with Crippen LogP contribution in [0.1, 0.15) is 19.8 Å². The second-order valence-electron chi connectivity index (χ2n) is 4.13. The fourth-order valence-corrected chi connectivity index (χ4v) is 2.55. The Morgan fingerprint density at radius 2 is 2.24 bits per heavy atom. The number of carbonyl (C=O) groups excluding carboxylic acids is 1. The number of piperidine rings is 1. The Kier molecular flexibility index (Phi) is 5.16. The fraction of sp³-hybridized carbons (Fsp3) is 0.889. The second-order valence-corrected chi connectivity index (χ2v) is 5.63. The lowest BCUT2D eigenvalue weighted by Gasteiger charge is -2.30. The van der Waals surface area contributed by atoms with E-state index in [0.717, 1.165) is 26.5 Å². The fourth-order valence-electron chi connectivity index (χ4n) is 1.77. The molecule has 0 aromatic carbocycles. The number of rotatable bonds is 4. The van der Waals surface area contributed by atoms with Gasteiger partial charge in [-0.2, -0.15) is 13.1 Å². The highest BCUT2D eigenvalue weighted by Crippen LogP contribution is 2.14. The summed E-state index contributed by atoms with van der Waals surface area (Å²) in [5.41, 5.74) is 0. The van der Waals surface area contributed by atoms with E-state index in [1.54, 1.807) is 4.72 Å². The van der Waals surface area contributed by atoms with Gasteiger partial charge in [-0.25, -0.2) is 9.52 Å². The number of hydrogen-bond acceptors (Lipinski definition) is 5. The van der Waals surface area contributed by atoms with E-state index in [-0.39, 0.29) is 12.6 Å². The first-order valence-corrected chi connectivity index (χ1v) is 7.01. The molecule has 1 saturated heterocycles. The van der Waals surface area contributed by atoms with Gasteiger partial charge in [-0.05, 0) is 25.3 Å². The Bertz CT molecular complexity index is 357. The van der Waals surface area contributed by atoms with E-state index in [2.05, 4.69) is 21.7 Å². The highest BCUT2D eigenvalue weighted by molar-refractivity contribution is 7.88. The second kappa shape index (κ2) is 6.18. The van der Waals surface area contributed by atoms with Gasteiger partial charge < -0.3 is 10.1 Å². The summed E-state index contributed by atoms with van der Waals surface area (Å²) in [7, 11) is -2.72. The number of carbonyl (C=O) groups is 1. The highest BCUT2D eigenvalue weighted by Gasteiger charge is 2.23. The lowest BCUT2D eigenvalue weighted by molar-refractivity contribution is 0.177. The van der Waals surface area contributed by atoms with Crippen molar-refractivity contribution in [3.05, 3.63) is 0 Å². The number of amides is 1. The van der Waals surface area contributed by atoms with Crippen LogP contribution in [-0.2, 0) is 14.9 Å². The van der Waals surface area contributed by atoms with Gasteiger partial charge in [0.1, 0.15) is 0 Å². The van der Waals surface area contributed by atoms with E-state index in [9.17, 15) is 13.2 Å². The number of ether oxygens (including phenoxy) is 1. The van der Waals surface area contributed by atoms with Crippen molar-refractivity contribution in [1.29, 1.82) is 0 Å². The van der Waals surface area contributed by atoms with E-state index < -0.39 is 16.3 Å². The van der Waals surface area contributed by atoms with E-state index >= 15 is 0 Å². The maximum absolute atomic E-state index is 11.4. The first-order chi connectivity index (χ1) is 7.94. The van der Waals surface area contributed by atoms with Gasteiger partial charge in [-0.3, -0.25) is 0 Å². The standard InChI is InChI=1S/C9H19N3O4S/c1-7-4-3-5-10-8(7)6-11-17(14,15)12-9(13)16-2/h7-8,10-11H,3-6H2,1-2H3,(H,12,13). The first-order valence-electron chi connectivity index (χ1n) is 5.53. The molecule has 0 aliphatic carbocycles. The van der Waals surface area contributed by atoms with Crippen molar-refractivity contribution >= 4 is 16.3 Å². The number of nitrogens with one attached hydrogen (secondary N) is 3. The molecule has 0 aromatic heterocycles. The molecule has 2 unspecified atom stereocenters. The zero-order chi connectivity index (χ0) is 12.9. The summed E-state index contributed by atoms with van der Waals surface area (Å²) in [6.45, 7) is 3.22. The van der Waals surface area contributed by atoms with Crippen molar-refractivity contribution in [3.8, 4) is 0 Å². The maximum atomic E-state index is 11.4. The Morgan fingerprint density at radius 1 is 1.53 bits per heavy atom. The van der Waals surface area contributed by atoms with Crippen LogP contribution in [0, 0.1) is 5.92 Å². The molecule has 3 N–H and O–H groups in total. The third kappa shape index (κ3) is 4.88. The largest absolute Gasteiger partial charge is 0.452 e. The van der Waals surface area contributed by atoms with Crippen LogP contribution in [0.3, 0.4) is 0 Å². The van der Waals surface area contributed by atoms with Gasteiger partial charge in [-0.15, -0.1) is 0 Å². The van der Waals surface area contributed by atoms with Crippen LogP contribution < -0.4 is 14.8 Å². The minimum absolute atomic E-state index is 0.0953. The predicted molar refractivity (Wildman–Crippen MR) is 62.7 cm³/mol. The lowest BCUT2D eigenvalue weighted by Crippen LogP contribution is -2.50. The molecule has 100 valence electrons. The van der Waals surface area contributed by atoms with Crippen molar-refractivity contribution in [2.24, 2.45) is 5.92 Å². The molecule has 2 atom stereocenters. The molecule has 1 aliphatic heterocycles. The molecule has 1 fully saturated rings. The van der Waals surface area contributed by atoms with Crippen LogP contribution >= 0.6 is 0 Å². The Morgan fingerprint density at radius 3 is 2.82 bits per heavy atom. The lowest BCUT2D eigenvalue weighted by atomic mass is 9.93. The quantitative estimate of drug-likeness (QED) is 0.640. The van der Waals surface area contributed by atoms with Crippen molar-refractivity contribution in [1.82, 2.24) is 14.8 Å². The summed E-state index contributed by atoms with van der Waals surface area (Å²) in [5, 5.41) is 3.24. The molecule has 0 bridgehead atoms. The Labute approximate surface area is 101 Å². The van der Waals surface area contributed by atoms with Gasteiger partial charge in [0, 0.05) is 12.6 Å². The zero-order valence-corrected chi connectivity index (χ0v) is 10.8. The zero-order valence-electron chi connectivity index (χ0n) is 10.0. The number of hydrogen-bond donors (Lipinski definition) is 3. The summed E-state index contributed by atoms with van der Waals surface area (Å²) in [5.74, 6) is 0.407. The van der Waals surface area contributed by atoms with Gasteiger partial charge >= 0.3 is 16.3 Å². The van der Waals surface area contributed by atoms with Crippen LogP contribution in [0.4, 0.5) is 4.79 Å². The van der Waals surface area contributed by atoms with Crippen LogP contribution in [-0.4, -0.2) is 40.8 Å². The summed E-state index contributed by atoms with van der Waals surface area (Å²) >= 11 is 0. The van der Waals surface area contributed by atoms with Crippen molar-refractivity contribution in [3.63, 3.8) is 0 Å². The average Bonchev–Trinajstić information content (AvgIpc) is 2.27. The van der Waals surface area contributed by atoms with Crippen LogP contribution in [0.25, 0.3) is 0 Å². The topological polar surface area (TPSA) is 96.5 Å². The third-order valence-corrected chi connectivity index (χ3v) is 3.81. The van der Waals surface area contributed by atoms with Gasteiger partial charge in [0.25, 0.3) is 0 Å². The van der Waals surface area contributed by atoms with Crippen molar-refractivity contribution in [2.75, 3.05) is 20.2 Å². The van der Waals surface area contributed by atoms with E-state index in [1.165, 1.54) is 0 Å². The van der Waals surface area contributed by atoms with Crippen molar-refractivity contribution < 1.29 is 17.9 Å². The Hall–Kier alpha value is -0.860. The van der Waals surface area contributed by atoms with Crippen LogP contribution in [0.15, 0.2) is 0 Å². The van der Waals surface area contributed by atoms with Gasteiger partial charge in [-0.1, -0.05) is 6.92 Å². The molecular formula is C9H19N3O4S. The molecule has 17 heavy (non-hydrogen) atoms. The molecule has 0 saturated carbocycles. The highest BCUT2D eigenvalue weighted by atomic mass is 32.2. The Balaban J connectivity index is 2.40. The van der Waals surface area contributed by atoms with Gasteiger partial charge in [0.05, 0.1) is 7.11 Å². The van der Waals surface area contributed by atoms with Gasteiger partial charge in [0.15, 0.2) is 0 Å².